The Balaban J connectivity index is 0.000000284. The summed E-state index contributed by atoms with van der Waals surface area (Å²) in [6, 6.07) is 0. The van der Waals surface area contributed by atoms with Gasteiger partial charge in [-0.05, 0) is 32.4 Å². The minimum Gasteiger partial charge on any atom is -0.478 e. The van der Waals surface area contributed by atoms with Crippen LogP contribution in [-0.4, -0.2) is 51.7 Å². The van der Waals surface area contributed by atoms with E-state index in [2.05, 4.69) is 22.2 Å². The smallest absolute Gasteiger partial charge is 0.328 e. The van der Waals surface area contributed by atoms with Crippen LogP contribution in [0.1, 0.15) is 37.8 Å². The molecule has 2 heterocycles. The number of anilines is 1. The normalized spacial score (nSPS) is 18.4. The maximum absolute atomic E-state index is 9.55. The third kappa shape index (κ3) is 7.75. The van der Waals surface area contributed by atoms with Gasteiger partial charge in [-0.3, -0.25) is 0 Å². The molecule has 0 aliphatic carbocycles. The van der Waals surface area contributed by atoms with E-state index in [0.29, 0.717) is 23.2 Å². The number of carboxylic acid groups (broad SMARTS) is 2. The Morgan fingerprint density at radius 2 is 2.09 bits per heavy atom. The number of aliphatic carboxylic acids is 2. The summed E-state index contributed by atoms with van der Waals surface area (Å²) in [5.74, 6) is -1.90. The lowest BCUT2D eigenvalue weighted by Crippen LogP contribution is -2.34. The van der Waals surface area contributed by atoms with E-state index in [1.165, 1.54) is 38.0 Å². The van der Waals surface area contributed by atoms with Gasteiger partial charge in [0.1, 0.15) is 0 Å². The van der Waals surface area contributed by atoms with Crippen LogP contribution in [0.3, 0.4) is 0 Å². The van der Waals surface area contributed by atoms with Crippen LogP contribution in [0.25, 0.3) is 0 Å². The molecule has 1 fully saturated rings. The zero-order valence-electron chi connectivity index (χ0n) is 13.1. The zero-order chi connectivity index (χ0) is 17.2. The van der Waals surface area contributed by atoms with E-state index in [1.807, 2.05) is 0 Å². The number of carbonyl (C=O) groups is 2. The topological polar surface area (TPSA) is 117 Å². The third-order valence-electron chi connectivity index (χ3n) is 3.37. The first-order valence-electron chi connectivity index (χ1n) is 7.49. The van der Waals surface area contributed by atoms with Gasteiger partial charge in [0.25, 0.3) is 0 Å². The van der Waals surface area contributed by atoms with Gasteiger partial charge in [0.05, 0.1) is 5.69 Å². The quantitative estimate of drug-likeness (QED) is 0.701. The van der Waals surface area contributed by atoms with Crippen molar-refractivity contribution < 1.29 is 19.8 Å². The molecule has 0 amide bonds. The number of carboxylic acids is 2. The maximum Gasteiger partial charge on any atom is 0.328 e. The van der Waals surface area contributed by atoms with E-state index in [4.69, 9.17) is 15.9 Å². The van der Waals surface area contributed by atoms with Crippen LogP contribution in [0.2, 0.25) is 0 Å². The summed E-state index contributed by atoms with van der Waals surface area (Å²) in [7, 11) is 0. The van der Waals surface area contributed by atoms with Crippen molar-refractivity contribution in [2.24, 2.45) is 0 Å². The number of likely N-dealkylation sites (tertiary alicyclic amines) is 1. The SMILES string of the molecule is CCCN1CCCC(c2csc(N)n2)C1.O=C(O)/C=C/C(=O)O. The highest BCUT2D eigenvalue weighted by Gasteiger charge is 2.22. The van der Waals surface area contributed by atoms with Gasteiger partial charge >= 0.3 is 11.9 Å². The molecule has 1 aliphatic rings. The maximum atomic E-state index is 9.55. The van der Waals surface area contributed by atoms with Crippen LogP contribution in [0, 0.1) is 0 Å². The summed E-state index contributed by atoms with van der Waals surface area (Å²) in [6.45, 7) is 5.88. The van der Waals surface area contributed by atoms with Gasteiger partial charge in [-0.25, -0.2) is 14.6 Å². The summed E-state index contributed by atoms with van der Waals surface area (Å²) < 4.78 is 0. The first kappa shape index (κ1) is 19.1. The van der Waals surface area contributed by atoms with Gasteiger partial charge in [-0.15, -0.1) is 11.3 Å². The standard InChI is InChI=1S/C11H19N3S.C4H4O4/c1-2-5-14-6-3-4-9(7-14)10-8-15-11(12)13-10;5-3(6)1-2-4(7)8/h8-9H,2-7H2,1H3,(H2,12,13);1-2H,(H,5,6)(H,7,8)/b;2-1+. The molecule has 1 unspecified atom stereocenters. The van der Waals surface area contributed by atoms with Crippen molar-refractivity contribution in [2.75, 3.05) is 25.4 Å². The molecular formula is C15H23N3O4S. The van der Waals surface area contributed by atoms with Crippen LogP contribution < -0.4 is 5.73 Å². The van der Waals surface area contributed by atoms with E-state index in [0.717, 1.165) is 6.54 Å². The Bertz CT molecular complexity index is 527. The Hall–Kier alpha value is -1.93. The molecule has 0 radical (unpaired) electrons. The molecule has 0 spiro atoms. The minimum atomic E-state index is -1.26. The Morgan fingerprint density at radius 1 is 1.43 bits per heavy atom. The summed E-state index contributed by atoms with van der Waals surface area (Å²) in [6.07, 6.45) is 4.92. The average Bonchev–Trinajstić information content (AvgIpc) is 2.93. The first-order chi connectivity index (χ1) is 10.9. The van der Waals surface area contributed by atoms with Crippen molar-refractivity contribution in [1.82, 2.24) is 9.88 Å². The summed E-state index contributed by atoms with van der Waals surface area (Å²) in [5.41, 5.74) is 6.88. The van der Waals surface area contributed by atoms with Crippen molar-refractivity contribution in [3.8, 4) is 0 Å². The zero-order valence-corrected chi connectivity index (χ0v) is 14.0. The van der Waals surface area contributed by atoms with Crippen LogP contribution >= 0.6 is 11.3 Å². The van der Waals surface area contributed by atoms with Crippen molar-refractivity contribution >= 4 is 28.4 Å². The predicted molar refractivity (Wildman–Crippen MR) is 89.6 cm³/mol. The molecule has 0 bridgehead atoms. The first-order valence-corrected chi connectivity index (χ1v) is 8.37. The fraction of sp³-hybridized carbons (Fsp3) is 0.533. The van der Waals surface area contributed by atoms with Crippen molar-refractivity contribution in [3.05, 3.63) is 23.2 Å². The van der Waals surface area contributed by atoms with Crippen molar-refractivity contribution in [1.29, 1.82) is 0 Å². The number of aromatic nitrogens is 1. The number of hydrogen-bond acceptors (Lipinski definition) is 6. The molecule has 7 nitrogen and oxygen atoms in total. The van der Waals surface area contributed by atoms with Crippen molar-refractivity contribution in [3.63, 3.8) is 0 Å². The number of hydrogen-bond donors (Lipinski definition) is 3. The van der Waals surface area contributed by atoms with Gasteiger partial charge in [-0.2, -0.15) is 0 Å². The number of nitrogens with two attached hydrogens (primary N) is 1. The number of nitrogens with zero attached hydrogens (tertiary/aromatic N) is 2. The summed E-state index contributed by atoms with van der Waals surface area (Å²) in [5, 5.41) is 18.5. The fourth-order valence-corrected chi connectivity index (χ4v) is 3.09. The Kier molecular flexibility index (Phi) is 8.28. The van der Waals surface area contributed by atoms with Crippen LogP contribution in [0.5, 0.6) is 0 Å². The van der Waals surface area contributed by atoms with Gasteiger partial charge in [-0.1, -0.05) is 6.92 Å². The van der Waals surface area contributed by atoms with E-state index >= 15 is 0 Å². The van der Waals surface area contributed by atoms with Crippen molar-refractivity contribution in [2.45, 2.75) is 32.1 Å². The molecule has 0 aromatic carbocycles. The van der Waals surface area contributed by atoms with Gasteiger partial charge in [0, 0.05) is 30.0 Å². The second-order valence-corrected chi connectivity index (χ2v) is 6.15. The molecule has 2 rings (SSSR count). The lowest BCUT2D eigenvalue weighted by molar-refractivity contribution is -0.134. The second kappa shape index (κ2) is 9.96. The van der Waals surface area contributed by atoms with Gasteiger partial charge in [0.2, 0.25) is 0 Å². The van der Waals surface area contributed by atoms with E-state index in [1.54, 1.807) is 11.3 Å². The van der Waals surface area contributed by atoms with Gasteiger partial charge in [0.15, 0.2) is 5.13 Å². The lowest BCUT2D eigenvalue weighted by Gasteiger charge is -2.31. The average molecular weight is 341 g/mol. The number of nitrogen functional groups attached to an aromatic ring is 1. The molecule has 128 valence electrons. The molecule has 4 N–H and O–H groups in total. The molecule has 1 atom stereocenters. The molecular weight excluding hydrogens is 318 g/mol. The molecule has 1 saturated heterocycles. The van der Waals surface area contributed by atoms with Gasteiger partial charge < -0.3 is 20.8 Å². The lowest BCUT2D eigenvalue weighted by atomic mass is 9.95. The molecule has 1 aliphatic heterocycles. The Morgan fingerprint density at radius 3 is 2.57 bits per heavy atom. The summed E-state index contributed by atoms with van der Waals surface area (Å²) >= 11 is 1.56. The largest absolute Gasteiger partial charge is 0.478 e. The number of rotatable bonds is 5. The molecule has 23 heavy (non-hydrogen) atoms. The van der Waals surface area contributed by atoms with E-state index in [-0.39, 0.29) is 0 Å². The minimum absolute atomic E-state index is 0.558. The van der Waals surface area contributed by atoms with E-state index in [9.17, 15) is 9.59 Å². The monoisotopic (exact) mass is 341 g/mol. The number of piperidine rings is 1. The predicted octanol–water partition coefficient (Wildman–Crippen LogP) is 2.03. The molecule has 1 aromatic heterocycles. The molecule has 0 saturated carbocycles. The molecule has 1 aromatic rings. The second-order valence-electron chi connectivity index (χ2n) is 5.26. The highest BCUT2D eigenvalue weighted by molar-refractivity contribution is 7.13. The number of thiazole rings is 1. The third-order valence-corrected chi connectivity index (χ3v) is 4.06. The highest BCUT2D eigenvalue weighted by atomic mass is 32.1. The summed E-state index contributed by atoms with van der Waals surface area (Å²) in [4.78, 5) is 26.1. The van der Waals surface area contributed by atoms with Crippen LogP contribution in [-0.2, 0) is 9.59 Å². The fourth-order valence-electron chi connectivity index (χ4n) is 2.45. The Labute approximate surface area is 139 Å². The highest BCUT2D eigenvalue weighted by Crippen LogP contribution is 2.28. The molecule has 8 heteroatoms. The van der Waals surface area contributed by atoms with E-state index < -0.39 is 11.9 Å². The van der Waals surface area contributed by atoms with Crippen LogP contribution in [0.15, 0.2) is 17.5 Å². The van der Waals surface area contributed by atoms with Crippen LogP contribution in [0.4, 0.5) is 5.13 Å².